The number of rotatable bonds is 4. The highest BCUT2D eigenvalue weighted by Gasteiger charge is 2.13. The van der Waals surface area contributed by atoms with Gasteiger partial charge in [-0.2, -0.15) is 5.26 Å². The lowest BCUT2D eigenvalue weighted by atomic mass is 10.1. The number of amides is 3. The van der Waals surface area contributed by atoms with E-state index in [-0.39, 0.29) is 5.57 Å². The lowest BCUT2D eigenvalue weighted by Crippen LogP contribution is -2.35. The van der Waals surface area contributed by atoms with Crippen molar-refractivity contribution in [2.45, 2.75) is 6.54 Å². The average Bonchev–Trinajstić information content (AvgIpc) is 2.83. The summed E-state index contributed by atoms with van der Waals surface area (Å²) < 4.78 is 1.95. The van der Waals surface area contributed by atoms with E-state index in [2.05, 4.69) is 6.58 Å². The van der Waals surface area contributed by atoms with E-state index in [1.807, 2.05) is 40.3 Å². The molecule has 1 aromatic heterocycles. The number of imide groups is 1. The summed E-state index contributed by atoms with van der Waals surface area (Å²) in [7, 11) is 0. The molecule has 2 aromatic rings. The third-order valence-corrected chi connectivity index (χ3v) is 3.05. The van der Waals surface area contributed by atoms with Crippen LogP contribution >= 0.6 is 0 Å². The van der Waals surface area contributed by atoms with E-state index < -0.39 is 11.9 Å². The van der Waals surface area contributed by atoms with Crippen molar-refractivity contribution >= 4 is 28.9 Å². The second-order valence-corrected chi connectivity index (χ2v) is 4.53. The van der Waals surface area contributed by atoms with Crippen LogP contribution in [0.15, 0.2) is 48.7 Å². The fraction of sp³-hybridized carbons (Fsp3) is 0.0625. The van der Waals surface area contributed by atoms with Gasteiger partial charge in [-0.15, -0.1) is 6.58 Å². The summed E-state index contributed by atoms with van der Waals surface area (Å²) in [5.74, 6) is -0.824. The molecule has 0 bridgehead atoms. The van der Waals surface area contributed by atoms with Crippen molar-refractivity contribution in [3.8, 4) is 6.07 Å². The Morgan fingerprint density at radius 1 is 1.41 bits per heavy atom. The molecule has 2 rings (SSSR count). The van der Waals surface area contributed by atoms with Crippen LogP contribution in [0.1, 0.15) is 5.56 Å². The minimum absolute atomic E-state index is 0.194. The fourth-order valence-corrected chi connectivity index (χ4v) is 2.16. The molecule has 3 amide bonds. The number of urea groups is 1. The van der Waals surface area contributed by atoms with Gasteiger partial charge in [-0.05, 0) is 12.1 Å². The molecule has 0 atom stereocenters. The van der Waals surface area contributed by atoms with Crippen molar-refractivity contribution in [2.75, 3.05) is 0 Å². The van der Waals surface area contributed by atoms with Crippen LogP contribution in [0.25, 0.3) is 17.0 Å². The molecule has 0 aliphatic carbocycles. The molecule has 1 aromatic carbocycles. The summed E-state index contributed by atoms with van der Waals surface area (Å²) >= 11 is 0. The van der Waals surface area contributed by atoms with Gasteiger partial charge >= 0.3 is 6.03 Å². The van der Waals surface area contributed by atoms with Crippen molar-refractivity contribution in [1.82, 2.24) is 9.88 Å². The summed E-state index contributed by atoms with van der Waals surface area (Å²) in [6, 6.07) is 8.37. The first-order valence-corrected chi connectivity index (χ1v) is 6.48. The van der Waals surface area contributed by atoms with E-state index >= 15 is 0 Å². The SMILES string of the molecule is C=CCn1cc(/C=C(/C#N)C(=O)NC(N)=O)c2ccccc21. The zero-order valence-corrected chi connectivity index (χ0v) is 11.7. The topological polar surface area (TPSA) is 101 Å². The van der Waals surface area contributed by atoms with E-state index in [1.165, 1.54) is 6.08 Å². The predicted molar refractivity (Wildman–Crippen MR) is 83.5 cm³/mol. The summed E-state index contributed by atoms with van der Waals surface area (Å²) in [4.78, 5) is 22.5. The molecule has 0 saturated carbocycles. The Morgan fingerprint density at radius 2 is 2.14 bits per heavy atom. The van der Waals surface area contributed by atoms with Crippen molar-refractivity contribution in [3.63, 3.8) is 0 Å². The average molecular weight is 294 g/mol. The first-order chi connectivity index (χ1) is 10.6. The number of carbonyl (C=O) groups is 2. The molecule has 6 nitrogen and oxygen atoms in total. The zero-order valence-electron chi connectivity index (χ0n) is 11.7. The first-order valence-electron chi connectivity index (χ1n) is 6.48. The lowest BCUT2D eigenvalue weighted by molar-refractivity contribution is -0.115. The van der Waals surface area contributed by atoms with Gasteiger partial charge in [0.25, 0.3) is 5.91 Å². The number of fused-ring (bicyclic) bond motifs is 1. The third kappa shape index (κ3) is 3.04. The number of allylic oxidation sites excluding steroid dienone is 1. The van der Waals surface area contributed by atoms with E-state index in [4.69, 9.17) is 11.0 Å². The Balaban J connectivity index is 2.52. The third-order valence-electron chi connectivity index (χ3n) is 3.05. The van der Waals surface area contributed by atoms with Gasteiger partial charge in [-0.25, -0.2) is 4.79 Å². The van der Waals surface area contributed by atoms with E-state index in [0.717, 1.165) is 10.9 Å². The number of hydrogen-bond acceptors (Lipinski definition) is 3. The van der Waals surface area contributed by atoms with E-state index in [9.17, 15) is 9.59 Å². The molecule has 0 radical (unpaired) electrons. The zero-order chi connectivity index (χ0) is 16.1. The normalized spacial score (nSPS) is 11.0. The maximum absolute atomic E-state index is 11.7. The van der Waals surface area contributed by atoms with Gasteiger partial charge in [0.15, 0.2) is 0 Å². The van der Waals surface area contributed by atoms with Crippen LogP contribution in [0.3, 0.4) is 0 Å². The van der Waals surface area contributed by atoms with Crippen molar-refractivity contribution in [3.05, 3.63) is 54.3 Å². The number of benzene rings is 1. The monoisotopic (exact) mass is 294 g/mol. The fourth-order valence-electron chi connectivity index (χ4n) is 2.16. The second-order valence-electron chi connectivity index (χ2n) is 4.53. The summed E-state index contributed by atoms with van der Waals surface area (Å²) in [6.45, 7) is 4.31. The number of para-hydroxylation sites is 1. The molecule has 0 spiro atoms. The van der Waals surface area contributed by atoms with E-state index in [1.54, 1.807) is 12.1 Å². The van der Waals surface area contributed by atoms with Crippen LogP contribution in [0.2, 0.25) is 0 Å². The molecule has 1 heterocycles. The lowest BCUT2D eigenvalue weighted by Gasteiger charge is -1.98. The summed E-state index contributed by atoms with van der Waals surface area (Å²) in [6.07, 6.45) is 5.01. The van der Waals surface area contributed by atoms with Gasteiger partial charge in [0.1, 0.15) is 11.6 Å². The second kappa shape index (κ2) is 6.41. The van der Waals surface area contributed by atoms with Crippen molar-refractivity contribution in [2.24, 2.45) is 5.73 Å². The molecule has 3 N–H and O–H groups in total. The van der Waals surface area contributed by atoms with Gasteiger partial charge in [0, 0.05) is 29.2 Å². The minimum Gasteiger partial charge on any atom is -0.351 e. The molecule has 110 valence electrons. The molecule has 0 unspecified atom stereocenters. The van der Waals surface area contributed by atoms with E-state index in [0.29, 0.717) is 12.1 Å². The highest BCUT2D eigenvalue weighted by Crippen LogP contribution is 2.23. The molecular formula is C16H14N4O2. The van der Waals surface area contributed by atoms with Gasteiger partial charge in [0.05, 0.1) is 0 Å². The molecular weight excluding hydrogens is 280 g/mol. The Labute approximate surface area is 127 Å². The standard InChI is InChI=1S/C16H14N4O2/c1-2-7-20-10-12(13-5-3-4-6-14(13)20)8-11(9-17)15(21)19-16(18)22/h2-6,8,10H,1,7H2,(H3,18,19,21,22)/b11-8-. The number of nitrogens with zero attached hydrogens (tertiary/aromatic N) is 2. The van der Waals surface area contributed by atoms with Gasteiger partial charge < -0.3 is 10.3 Å². The van der Waals surface area contributed by atoms with Crippen LogP contribution in [-0.2, 0) is 11.3 Å². The number of carbonyl (C=O) groups excluding carboxylic acids is 2. The molecule has 0 saturated heterocycles. The largest absolute Gasteiger partial charge is 0.351 e. The molecule has 6 heteroatoms. The maximum atomic E-state index is 11.7. The summed E-state index contributed by atoms with van der Waals surface area (Å²) in [5.41, 5.74) is 6.36. The maximum Gasteiger partial charge on any atom is 0.319 e. The molecule has 0 aliphatic rings. The number of nitrogens with one attached hydrogen (secondary N) is 1. The number of nitriles is 1. The minimum atomic E-state index is -1.000. The Kier molecular flexibility index (Phi) is 4.39. The number of aromatic nitrogens is 1. The number of hydrogen-bond donors (Lipinski definition) is 2. The van der Waals surface area contributed by atoms with Crippen LogP contribution in [0.4, 0.5) is 4.79 Å². The van der Waals surface area contributed by atoms with Crippen LogP contribution < -0.4 is 11.1 Å². The molecule has 0 fully saturated rings. The van der Waals surface area contributed by atoms with Gasteiger partial charge in [0.2, 0.25) is 0 Å². The summed E-state index contributed by atoms with van der Waals surface area (Å²) in [5, 5.41) is 11.9. The smallest absolute Gasteiger partial charge is 0.319 e. The number of nitrogens with two attached hydrogens (primary N) is 1. The quantitative estimate of drug-likeness (QED) is 0.511. The van der Waals surface area contributed by atoms with Crippen LogP contribution in [0.5, 0.6) is 0 Å². The van der Waals surface area contributed by atoms with Crippen molar-refractivity contribution < 1.29 is 9.59 Å². The highest BCUT2D eigenvalue weighted by molar-refractivity contribution is 6.09. The number of primary amides is 1. The Bertz CT molecular complexity index is 824. The Morgan fingerprint density at radius 3 is 2.77 bits per heavy atom. The van der Waals surface area contributed by atoms with Crippen LogP contribution in [-0.4, -0.2) is 16.5 Å². The molecule has 0 aliphatic heterocycles. The van der Waals surface area contributed by atoms with Gasteiger partial charge in [-0.1, -0.05) is 24.3 Å². The predicted octanol–water partition coefficient (Wildman–Crippen LogP) is 1.93. The van der Waals surface area contributed by atoms with Crippen LogP contribution in [0, 0.1) is 11.3 Å². The van der Waals surface area contributed by atoms with Crippen molar-refractivity contribution in [1.29, 1.82) is 5.26 Å². The highest BCUT2D eigenvalue weighted by atomic mass is 16.2. The van der Waals surface area contributed by atoms with Gasteiger partial charge in [-0.3, -0.25) is 10.1 Å². The Hall–Kier alpha value is -3.33. The first kappa shape index (κ1) is 15.1. The molecule has 22 heavy (non-hydrogen) atoms.